The van der Waals surface area contributed by atoms with Crippen LogP contribution in [0, 0.1) is 0 Å². The minimum atomic E-state index is -0.601. The Balaban J connectivity index is 1.39. The fourth-order valence-electron chi connectivity index (χ4n) is 5.03. The molecule has 166 valence electrons. The van der Waals surface area contributed by atoms with Crippen LogP contribution in [-0.2, 0) is 6.42 Å². The van der Waals surface area contributed by atoms with Gasteiger partial charge in [0, 0.05) is 31.2 Å². The zero-order chi connectivity index (χ0) is 22.1. The summed E-state index contributed by atoms with van der Waals surface area (Å²) >= 11 is 0. The zero-order valence-electron chi connectivity index (χ0n) is 18.5. The first-order chi connectivity index (χ1) is 15.6. The number of amides is 1. The van der Waals surface area contributed by atoms with Gasteiger partial charge in [0.05, 0.1) is 6.04 Å². The Bertz CT molecular complexity index is 1200. The van der Waals surface area contributed by atoms with Crippen LogP contribution in [0.25, 0.3) is 11.0 Å². The van der Waals surface area contributed by atoms with Crippen molar-refractivity contribution in [3.8, 4) is 0 Å². The molecule has 5 rings (SSSR count). The average Bonchev–Trinajstić information content (AvgIpc) is 3.33. The fourth-order valence-corrected chi connectivity index (χ4v) is 5.03. The Morgan fingerprint density at radius 3 is 2.72 bits per heavy atom. The third-order valence-electron chi connectivity index (χ3n) is 6.76. The maximum Gasteiger partial charge on any atom is 0.349 e. The van der Waals surface area contributed by atoms with Crippen molar-refractivity contribution in [1.29, 1.82) is 0 Å². The maximum atomic E-state index is 12.9. The van der Waals surface area contributed by atoms with E-state index in [0.29, 0.717) is 12.1 Å². The Kier molecular flexibility index (Phi) is 5.70. The molecule has 1 aromatic heterocycles. The normalized spacial score (nSPS) is 17.3. The lowest BCUT2D eigenvalue weighted by molar-refractivity contribution is 0.0934. The van der Waals surface area contributed by atoms with Crippen LogP contribution in [0.3, 0.4) is 0 Å². The highest BCUT2D eigenvalue weighted by Gasteiger charge is 2.26. The van der Waals surface area contributed by atoms with Crippen LogP contribution in [0.2, 0.25) is 0 Å². The number of benzene rings is 2. The molecule has 0 aliphatic carbocycles. The van der Waals surface area contributed by atoms with Crippen molar-refractivity contribution in [3.63, 3.8) is 0 Å². The lowest BCUT2D eigenvalue weighted by atomic mass is 9.96. The first-order valence-corrected chi connectivity index (χ1v) is 11.5. The summed E-state index contributed by atoms with van der Waals surface area (Å²) in [6.07, 6.45) is 4.60. The first kappa shape index (κ1) is 20.8. The van der Waals surface area contributed by atoms with Crippen LogP contribution in [0.1, 0.15) is 46.8 Å². The molecule has 3 heterocycles. The minimum Gasteiger partial charge on any atom is -0.422 e. The number of fused-ring (bicyclic) bond motifs is 2. The second-order valence-electron chi connectivity index (χ2n) is 8.87. The maximum absolute atomic E-state index is 12.9. The number of carbonyl (C=O) groups is 1. The molecule has 2 aliphatic heterocycles. The number of likely N-dealkylation sites (tertiary alicyclic amines) is 1. The Labute approximate surface area is 187 Å². The molecule has 2 aliphatic rings. The van der Waals surface area contributed by atoms with Crippen molar-refractivity contribution < 1.29 is 9.21 Å². The monoisotopic (exact) mass is 431 g/mol. The predicted molar refractivity (Wildman–Crippen MR) is 126 cm³/mol. The number of hydrogen-bond acceptors (Lipinski definition) is 5. The molecular weight excluding hydrogens is 402 g/mol. The van der Waals surface area contributed by atoms with Gasteiger partial charge in [0.15, 0.2) is 0 Å². The Morgan fingerprint density at radius 2 is 1.88 bits per heavy atom. The molecule has 32 heavy (non-hydrogen) atoms. The van der Waals surface area contributed by atoms with Crippen LogP contribution in [-0.4, -0.2) is 44.0 Å². The van der Waals surface area contributed by atoms with Gasteiger partial charge in [-0.3, -0.25) is 9.69 Å². The van der Waals surface area contributed by atoms with E-state index in [1.165, 1.54) is 29.7 Å². The standard InChI is InChI=1S/C26H29N3O3/c1-28-12-6-8-18-15-19(10-11-22(18)28)23(29-13-4-5-14-29)17-27-25(30)21-16-20-7-2-3-9-24(20)32-26(21)31/h2-3,7,9-11,15-16,23H,4-6,8,12-14,17H2,1H3,(H,27,30)/t23-/m0/s1. The summed E-state index contributed by atoms with van der Waals surface area (Å²) in [6.45, 7) is 3.59. The van der Waals surface area contributed by atoms with Gasteiger partial charge in [0.25, 0.3) is 5.91 Å². The van der Waals surface area contributed by atoms with Gasteiger partial charge in [-0.25, -0.2) is 4.79 Å². The van der Waals surface area contributed by atoms with Crippen molar-refractivity contribution in [2.75, 3.05) is 38.1 Å². The number of para-hydroxylation sites is 1. The zero-order valence-corrected chi connectivity index (χ0v) is 18.5. The van der Waals surface area contributed by atoms with Crippen LogP contribution >= 0.6 is 0 Å². The van der Waals surface area contributed by atoms with Gasteiger partial charge in [0.1, 0.15) is 11.1 Å². The van der Waals surface area contributed by atoms with Crippen molar-refractivity contribution >= 4 is 22.6 Å². The van der Waals surface area contributed by atoms with Crippen molar-refractivity contribution in [3.05, 3.63) is 75.6 Å². The van der Waals surface area contributed by atoms with Gasteiger partial charge in [-0.15, -0.1) is 0 Å². The van der Waals surface area contributed by atoms with E-state index < -0.39 is 5.63 Å². The van der Waals surface area contributed by atoms with E-state index in [0.717, 1.165) is 37.9 Å². The van der Waals surface area contributed by atoms with E-state index in [4.69, 9.17) is 4.42 Å². The third kappa shape index (κ3) is 4.02. The molecule has 2 aromatic carbocycles. The minimum absolute atomic E-state index is 0.0518. The number of carbonyl (C=O) groups excluding carboxylic acids is 1. The van der Waals surface area contributed by atoms with Gasteiger partial charge >= 0.3 is 5.63 Å². The quantitative estimate of drug-likeness (QED) is 0.624. The number of nitrogens with one attached hydrogen (secondary N) is 1. The summed E-state index contributed by atoms with van der Waals surface area (Å²) in [6, 6.07) is 15.7. The molecule has 1 fully saturated rings. The van der Waals surface area contributed by atoms with Gasteiger partial charge in [0.2, 0.25) is 0 Å². The van der Waals surface area contributed by atoms with Crippen LogP contribution in [0.15, 0.2) is 57.7 Å². The topological polar surface area (TPSA) is 65.8 Å². The van der Waals surface area contributed by atoms with Crippen molar-refractivity contribution in [1.82, 2.24) is 10.2 Å². The number of hydrogen-bond donors (Lipinski definition) is 1. The van der Waals surface area contributed by atoms with Gasteiger partial charge in [-0.05, 0) is 68.1 Å². The molecule has 0 unspecified atom stereocenters. The van der Waals surface area contributed by atoms with E-state index in [-0.39, 0.29) is 17.5 Å². The second kappa shape index (κ2) is 8.79. The van der Waals surface area contributed by atoms with E-state index in [1.807, 2.05) is 18.2 Å². The summed E-state index contributed by atoms with van der Waals surface area (Å²) in [5.74, 6) is -0.383. The molecule has 0 spiro atoms. The van der Waals surface area contributed by atoms with Crippen LogP contribution < -0.4 is 15.8 Å². The largest absolute Gasteiger partial charge is 0.422 e. The molecule has 1 saturated heterocycles. The molecule has 0 saturated carbocycles. The summed E-state index contributed by atoms with van der Waals surface area (Å²) in [4.78, 5) is 30.1. The molecule has 1 atom stereocenters. The van der Waals surface area contributed by atoms with E-state index in [9.17, 15) is 9.59 Å². The Morgan fingerprint density at radius 1 is 1.06 bits per heavy atom. The summed E-state index contributed by atoms with van der Waals surface area (Å²) in [5.41, 5.74) is 3.85. The third-order valence-corrected chi connectivity index (χ3v) is 6.76. The summed E-state index contributed by atoms with van der Waals surface area (Å²) in [5, 5.41) is 3.76. The number of anilines is 1. The second-order valence-corrected chi connectivity index (χ2v) is 8.87. The molecule has 0 bridgehead atoms. The summed E-state index contributed by atoms with van der Waals surface area (Å²) < 4.78 is 5.35. The molecular formula is C26H29N3O3. The van der Waals surface area contributed by atoms with Crippen LogP contribution in [0.4, 0.5) is 5.69 Å². The predicted octanol–water partition coefficient (Wildman–Crippen LogP) is 3.74. The average molecular weight is 432 g/mol. The lowest BCUT2D eigenvalue weighted by Gasteiger charge is -2.31. The van der Waals surface area contributed by atoms with Crippen LogP contribution in [0.5, 0.6) is 0 Å². The smallest absolute Gasteiger partial charge is 0.349 e. The SMILES string of the molecule is CN1CCCc2cc([C@H](CNC(=O)c3cc4ccccc4oc3=O)N3CCCC3)ccc21. The first-order valence-electron chi connectivity index (χ1n) is 11.5. The highest BCUT2D eigenvalue weighted by Crippen LogP contribution is 2.32. The Hall–Kier alpha value is -3.12. The van der Waals surface area contributed by atoms with Crippen molar-refractivity contribution in [2.45, 2.75) is 31.7 Å². The van der Waals surface area contributed by atoms with Gasteiger partial charge in [-0.2, -0.15) is 0 Å². The molecule has 3 aromatic rings. The highest BCUT2D eigenvalue weighted by atomic mass is 16.4. The van der Waals surface area contributed by atoms with Gasteiger partial charge < -0.3 is 14.6 Å². The molecule has 1 N–H and O–H groups in total. The lowest BCUT2D eigenvalue weighted by Crippen LogP contribution is -2.38. The molecule has 1 amide bonds. The molecule has 6 heteroatoms. The number of aryl methyl sites for hydroxylation is 1. The molecule has 6 nitrogen and oxygen atoms in total. The highest BCUT2D eigenvalue weighted by molar-refractivity contribution is 5.96. The number of rotatable bonds is 5. The molecule has 0 radical (unpaired) electrons. The van der Waals surface area contributed by atoms with Crippen molar-refractivity contribution in [2.24, 2.45) is 0 Å². The number of nitrogens with zero attached hydrogens (tertiary/aromatic N) is 2. The summed E-state index contributed by atoms with van der Waals surface area (Å²) in [7, 11) is 2.14. The van der Waals surface area contributed by atoms with E-state index in [1.54, 1.807) is 12.1 Å². The van der Waals surface area contributed by atoms with E-state index in [2.05, 4.69) is 40.4 Å². The fraction of sp³-hybridized carbons (Fsp3) is 0.385. The van der Waals surface area contributed by atoms with Gasteiger partial charge in [-0.1, -0.05) is 30.3 Å². The van der Waals surface area contributed by atoms with E-state index >= 15 is 0 Å².